The zero-order valence-electron chi connectivity index (χ0n) is 13.6. The Morgan fingerprint density at radius 1 is 1.43 bits per heavy atom. The number of nitrogens with one attached hydrogen (secondary N) is 2. The molecule has 5 heteroatoms. The van der Waals surface area contributed by atoms with Crippen LogP contribution in [-0.2, 0) is 11.2 Å². The normalized spacial score (nSPS) is 12.6. The second kappa shape index (κ2) is 9.55. The molecule has 0 fully saturated rings. The number of carbonyl (C=O) groups is 1. The lowest BCUT2D eigenvalue weighted by Crippen LogP contribution is -2.26. The van der Waals surface area contributed by atoms with Gasteiger partial charge in [-0.25, -0.2) is 0 Å². The largest absolute Gasteiger partial charge is 0.356 e. The van der Waals surface area contributed by atoms with Gasteiger partial charge in [-0.1, -0.05) is 13.8 Å². The van der Waals surface area contributed by atoms with Crippen LogP contribution in [0.1, 0.15) is 50.8 Å². The number of aryl methyl sites for hydroxylation is 2. The third-order valence-electron chi connectivity index (χ3n) is 4.10. The summed E-state index contributed by atoms with van der Waals surface area (Å²) in [5.74, 6) is 1.29. The van der Waals surface area contributed by atoms with Crippen LogP contribution in [0.3, 0.4) is 0 Å². The molecule has 5 nitrogen and oxygen atoms in total. The highest BCUT2D eigenvalue weighted by Gasteiger charge is 2.14. The molecule has 0 aliphatic heterocycles. The number of nitrogens with two attached hydrogens (primary N) is 1. The van der Waals surface area contributed by atoms with Crippen LogP contribution in [0.2, 0.25) is 0 Å². The van der Waals surface area contributed by atoms with Gasteiger partial charge in [-0.15, -0.1) is 0 Å². The molecule has 1 amide bonds. The number of nitrogens with zero attached hydrogens (tertiary/aromatic N) is 1. The number of hydrogen-bond donors (Lipinski definition) is 3. The van der Waals surface area contributed by atoms with E-state index in [0.717, 1.165) is 37.9 Å². The van der Waals surface area contributed by atoms with Gasteiger partial charge in [0.25, 0.3) is 0 Å². The van der Waals surface area contributed by atoms with E-state index >= 15 is 0 Å². The molecule has 0 spiro atoms. The summed E-state index contributed by atoms with van der Waals surface area (Å²) in [6.45, 7) is 7.85. The van der Waals surface area contributed by atoms with Gasteiger partial charge in [0.1, 0.15) is 0 Å². The van der Waals surface area contributed by atoms with Crippen molar-refractivity contribution >= 4 is 5.91 Å². The number of aromatic nitrogens is 2. The minimum Gasteiger partial charge on any atom is -0.356 e. The van der Waals surface area contributed by atoms with Gasteiger partial charge in [-0.3, -0.25) is 9.89 Å². The zero-order valence-corrected chi connectivity index (χ0v) is 13.6. The van der Waals surface area contributed by atoms with E-state index in [1.165, 1.54) is 5.56 Å². The van der Waals surface area contributed by atoms with Crippen molar-refractivity contribution in [2.24, 2.45) is 17.6 Å². The summed E-state index contributed by atoms with van der Waals surface area (Å²) in [6, 6.07) is 0. The molecule has 0 bridgehead atoms. The lowest BCUT2D eigenvalue weighted by Gasteiger charge is -2.19. The predicted molar refractivity (Wildman–Crippen MR) is 85.9 cm³/mol. The fourth-order valence-electron chi connectivity index (χ4n) is 2.56. The molecular formula is C16H30N4O. The lowest BCUT2D eigenvalue weighted by molar-refractivity contribution is -0.121. The number of rotatable bonds is 10. The highest BCUT2D eigenvalue weighted by Crippen LogP contribution is 2.20. The number of hydrogen-bond acceptors (Lipinski definition) is 3. The van der Waals surface area contributed by atoms with E-state index in [2.05, 4.69) is 29.4 Å². The SMILES string of the molecule is Cc1[nH]ncc1CCCNC(=O)CCC(CCN)C(C)C. The monoisotopic (exact) mass is 294 g/mol. The molecule has 0 saturated heterocycles. The molecule has 0 aromatic carbocycles. The average Bonchev–Trinajstić information content (AvgIpc) is 2.84. The zero-order chi connectivity index (χ0) is 15.7. The van der Waals surface area contributed by atoms with Gasteiger partial charge in [0.2, 0.25) is 5.91 Å². The van der Waals surface area contributed by atoms with Gasteiger partial charge in [0.05, 0.1) is 6.20 Å². The van der Waals surface area contributed by atoms with Gasteiger partial charge in [0, 0.05) is 18.7 Å². The van der Waals surface area contributed by atoms with Crippen molar-refractivity contribution in [1.82, 2.24) is 15.5 Å². The molecule has 1 aromatic heterocycles. The van der Waals surface area contributed by atoms with Crippen LogP contribution < -0.4 is 11.1 Å². The Labute approximate surface area is 128 Å². The average molecular weight is 294 g/mol. The Kier molecular flexibility index (Phi) is 8.05. The molecule has 1 unspecified atom stereocenters. The first-order valence-corrected chi connectivity index (χ1v) is 8.00. The number of aromatic amines is 1. The van der Waals surface area contributed by atoms with Crippen molar-refractivity contribution in [2.75, 3.05) is 13.1 Å². The Morgan fingerprint density at radius 3 is 2.76 bits per heavy atom. The van der Waals surface area contributed by atoms with E-state index in [1.54, 1.807) is 0 Å². The van der Waals surface area contributed by atoms with Crippen molar-refractivity contribution in [3.05, 3.63) is 17.5 Å². The Balaban J connectivity index is 2.15. The van der Waals surface area contributed by atoms with Crippen molar-refractivity contribution in [3.63, 3.8) is 0 Å². The van der Waals surface area contributed by atoms with E-state index in [0.29, 0.717) is 24.8 Å². The first-order chi connectivity index (χ1) is 10.0. The first kappa shape index (κ1) is 17.7. The van der Waals surface area contributed by atoms with Gasteiger partial charge in [-0.05, 0) is 56.6 Å². The molecule has 1 heterocycles. The maximum Gasteiger partial charge on any atom is 0.220 e. The molecule has 0 aliphatic carbocycles. The maximum atomic E-state index is 11.8. The van der Waals surface area contributed by atoms with Crippen LogP contribution in [0, 0.1) is 18.8 Å². The van der Waals surface area contributed by atoms with E-state index < -0.39 is 0 Å². The molecular weight excluding hydrogens is 264 g/mol. The fraction of sp³-hybridized carbons (Fsp3) is 0.750. The van der Waals surface area contributed by atoms with Crippen LogP contribution in [0.4, 0.5) is 0 Å². The van der Waals surface area contributed by atoms with E-state index in [4.69, 9.17) is 5.73 Å². The van der Waals surface area contributed by atoms with Crippen molar-refractivity contribution in [1.29, 1.82) is 0 Å². The molecule has 0 saturated carbocycles. The fourth-order valence-corrected chi connectivity index (χ4v) is 2.56. The van der Waals surface area contributed by atoms with Gasteiger partial charge in [0.15, 0.2) is 0 Å². The lowest BCUT2D eigenvalue weighted by atomic mass is 9.88. The van der Waals surface area contributed by atoms with Gasteiger partial charge >= 0.3 is 0 Å². The summed E-state index contributed by atoms with van der Waals surface area (Å²) < 4.78 is 0. The maximum absolute atomic E-state index is 11.8. The van der Waals surface area contributed by atoms with Crippen LogP contribution in [-0.4, -0.2) is 29.2 Å². The van der Waals surface area contributed by atoms with E-state index in [-0.39, 0.29) is 5.91 Å². The summed E-state index contributed by atoms with van der Waals surface area (Å²) in [6.07, 6.45) is 6.30. The van der Waals surface area contributed by atoms with Crippen LogP contribution in [0.5, 0.6) is 0 Å². The third-order valence-corrected chi connectivity index (χ3v) is 4.10. The van der Waals surface area contributed by atoms with Crippen LogP contribution >= 0.6 is 0 Å². The van der Waals surface area contributed by atoms with E-state index in [1.807, 2.05) is 13.1 Å². The second-order valence-corrected chi connectivity index (χ2v) is 6.09. The number of amides is 1. The van der Waals surface area contributed by atoms with Crippen molar-refractivity contribution in [3.8, 4) is 0 Å². The molecule has 0 radical (unpaired) electrons. The summed E-state index contributed by atoms with van der Waals surface area (Å²) in [5, 5.41) is 9.92. The Morgan fingerprint density at radius 2 is 2.19 bits per heavy atom. The topological polar surface area (TPSA) is 83.8 Å². The first-order valence-electron chi connectivity index (χ1n) is 8.00. The predicted octanol–water partition coefficient (Wildman–Crippen LogP) is 2.17. The van der Waals surface area contributed by atoms with Gasteiger partial charge in [-0.2, -0.15) is 5.10 Å². The van der Waals surface area contributed by atoms with E-state index in [9.17, 15) is 4.79 Å². The molecule has 1 atom stereocenters. The third kappa shape index (κ3) is 6.76. The van der Waals surface area contributed by atoms with Crippen molar-refractivity contribution < 1.29 is 4.79 Å². The highest BCUT2D eigenvalue weighted by atomic mass is 16.1. The summed E-state index contributed by atoms with van der Waals surface area (Å²) >= 11 is 0. The van der Waals surface area contributed by atoms with Gasteiger partial charge < -0.3 is 11.1 Å². The molecule has 0 aliphatic rings. The molecule has 1 rings (SSSR count). The molecule has 1 aromatic rings. The van der Waals surface area contributed by atoms with Crippen LogP contribution in [0.15, 0.2) is 6.20 Å². The summed E-state index contributed by atoms with van der Waals surface area (Å²) in [5.41, 5.74) is 7.96. The number of carbonyl (C=O) groups excluding carboxylic acids is 1. The molecule has 4 N–H and O–H groups in total. The standard InChI is InChI=1S/C16H30N4O/c1-12(2)14(8-9-17)6-7-16(21)18-10-4-5-15-11-19-20-13(15)3/h11-12,14H,4-10,17H2,1-3H3,(H,18,21)(H,19,20). The van der Waals surface area contributed by atoms with Crippen LogP contribution in [0.25, 0.3) is 0 Å². The smallest absolute Gasteiger partial charge is 0.220 e. The number of H-pyrrole nitrogens is 1. The molecule has 21 heavy (non-hydrogen) atoms. The molecule has 120 valence electrons. The summed E-state index contributed by atoms with van der Waals surface area (Å²) in [4.78, 5) is 11.8. The summed E-state index contributed by atoms with van der Waals surface area (Å²) in [7, 11) is 0. The Bertz CT molecular complexity index is 414. The highest BCUT2D eigenvalue weighted by molar-refractivity contribution is 5.75. The minimum absolute atomic E-state index is 0.154. The second-order valence-electron chi connectivity index (χ2n) is 6.09. The minimum atomic E-state index is 0.154. The Hall–Kier alpha value is -1.36. The van der Waals surface area contributed by atoms with Crippen molar-refractivity contribution in [2.45, 2.75) is 52.9 Å². The quantitative estimate of drug-likeness (QED) is 0.578.